The normalized spacial score (nSPS) is 26.4. The largest absolute Gasteiger partial charge is 0.387 e. The molecule has 3 heteroatoms. The summed E-state index contributed by atoms with van der Waals surface area (Å²) in [7, 11) is 0. The molecule has 3 nitrogen and oxygen atoms in total. The Morgan fingerprint density at radius 2 is 1.53 bits per heavy atom. The zero-order valence-corrected chi connectivity index (χ0v) is 17.2. The Balaban J connectivity index is 1.23. The van der Waals surface area contributed by atoms with Crippen LogP contribution in [0.1, 0.15) is 59.2 Å². The van der Waals surface area contributed by atoms with E-state index in [1.165, 1.54) is 17.5 Å². The summed E-state index contributed by atoms with van der Waals surface area (Å²) in [5.41, 5.74) is 7.11. The molecule has 0 saturated carbocycles. The minimum atomic E-state index is -0.449. The Bertz CT molecular complexity index is 1010. The van der Waals surface area contributed by atoms with Gasteiger partial charge in [-0.2, -0.15) is 0 Å². The molecule has 3 aromatic rings. The first-order valence-corrected chi connectivity index (χ1v) is 11.3. The maximum absolute atomic E-state index is 10.8. The van der Waals surface area contributed by atoms with E-state index in [0.29, 0.717) is 11.8 Å². The lowest BCUT2D eigenvalue weighted by molar-refractivity contribution is 0.0514. The van der Waals surface area contributed by atoms with Crippen LogP contribution >= 0.6 is 0 Å². The molecule has 2 heterocycles. The molecule has 2 aliphatic carbocycles. The van der Waals surface area contributed by atoms with Crippen molar-refractivity contribution in [3.8, 4) is 0 Å². The summed E-state index contributed by atoms with van der Waals surface area (Å²) in [4.78, 5) is 7.01. The average molecular weight is 397 g/mol. The van der Waals surface area contributed by atoms with Crippen molar-refractivity contribution >= 4 is 0 Å². The number of nitrogens with zero attached hydrogens (tertiary/aromatic N) is 2. The SMILES string of the molecule is OC(c1ccccn1)C1CCN(CC23CC(c4ccccc42)c2ccccc23)CC1. The van der Waals surface area contributed by atoms with Gasteiger partial charge in [-0.25, -0.2) is 0 Å². The van der Waals surface area contributed by atoms with Crippen LogP contribution in [0.5, 0.6) is 0 Å². The molecule has 2 bridgehead atoms. The number of aliphatic hydroxyl groups is 1. The quantitative estimate of drug-likeness (QED) is 0.697. The van der Waals surface area contributed by atoms with Crippen LogP contribution in [0.4, 0.5) is 0 Å². The van der Waals surface area contributed by atoms with Gasteiger partial charge in [0.05, 0.1) is 11.8 Å². The molecule has 0 amide bonds. The second-order valence-electron chi connectivity index (χ2n) is 9.33. The van der Waals surface area contributed by atoms with E-state index in [1.54, 1.807) is 17.3 Å². The monoisotopic (exact) mass is 396 g/mol. The van der Waals surface area contributed by atoms with Crippen LogP contribution in [0, 0.1) is 5.92 Å². The highest BCUT2D eigenvalue weighted by Crippen LogP contribution is 2.60. The van der Waals surface area contributed by atoms with Gasteiger partial charge >= 0.3 is 0 Å². The number of benzene rings is 2. The zero-order valence-electron chi connectivity index (χ0n) is 17.2. The van der Waals surface area contributed by atoms with E-state index in [1.807, 2.05) is 18.2 Å². The van der Waals surface area contributed by atoms with Gasteiger partial charge < -0.3 is 10.0 Å². The molecular weight excluding hydrogens is 368 g/mol. The van der Waals surface area contributed by atoms with Gasteiger partial charge in [0.1, 0.15) is 0 Å². The van der Waals surface area contributed by atoms with E-state index in [4.69, 9.17) is 0 Å². The highest BCUT2D eigenvalue weighted by atomic mass is 16.3. The van der Waals surface area contributed by atoms with Crippen LogP contribution in [-0.2, 0) is 5.41 Å². The van der Waals surface area contributed by atoms with Crippen molar-refractivity contribution in [1.29, 1.82) is 0 Å². The van der Waals surface area contributed by atoms with E-state index >= 15 is 0 Å². The lowest BCUT2D eigenvalue weighted by Crippen LogP contribution is -2.44. The summed E-state index contributed by atoms with van der Waals surface area (Å²) in [6.45, 7) is 3.18. The molecule has 2 aromatic carbocycles. The molecule has 152 valence electrons. The Morgan fingerprint density at radius 3 is 2.17 bits per heavy atom. The molecule has 3 aliphatic rings. The lowest BCUT2D eigenvalue weighted by atomic mass is 9.74. The van der Waals surface area contributed by atoms with Gasteiger partial charge in [-0.3, -0.25) is 4.98 Å². The van der Waals surface area contributed by atoms with Crippen molar-refractivity contribution in [2.75, 3.05) is 19.6 Å². The Morgan fingerprint density at radius 1 is 0.900 bits per heavy atom. The number of piperidine rings is 1. The molecular formula is C27H28N2O. The van der Waals surface area contributed by atoms with Crippen LogP contribution in [-0.4, -0.2) is 34.6 Å². The van der Waals surface area contributed by atoms with E-state index < -0.39 is 6.10 Å². The van der Waals surface area contributed by atoms with E-state index in [9.17, 15) is 5.11 Å². The summed E-state index contributed by atoms with van der Waals surface area (Å²) in [5, 5.41) is 10.8. The van der Waals surface area contributed by atoms with Crippen molar-refractivity contribution in [3.63, 3.8) is 0 Å². The van der Waals surface area contributed by atoms with Crippen LogP contribution in [0.3, 0.4) is 0 Å². The third-order valence-electron chi connectivity index (χ3n) is 7.82. The summed E-state index contributed by atoms with van der Waals surface area (Å²) < 4.78 is 0. The highest BCUT2D eigenvalue weighted by molar-refractivity contribution is 5.62. The summed E-state index contributed by atoms with van der Waals surface area (Å²) in [6.07, 6.45) is 4.59. The minimum absolute atomic E-state index is 0.129. The molecule has 1 atom stereocenters. The first-order chi connectivity index (χ1) is 14.8. The van der Waals surface area contributed by atoms with Crippen molar-refractivity contribution in [3.05, 3.63) is 101 Å². The van der Waals surface area contributed by atoms with E-state index in [2.05, 4.69) is 58.4 Å². The predicted octanol–water partition coefficient (Wildman–Crippen LogP) is 4.66. The summed E-state index contributed by atoms with van der Waals surface area (Å²) in [5.74, 6) is 0.856. The van der Waals surface area contributed by atoms with Crippen molar-refractivity contribution < 1.29 is 5.11 Å². The predicted molar refractivity (Wildman–Crippen MR) is 118 cm³/mol. The Hall–Kier alpha value is -2.49. The van der Waals surface area contributed by atoms with Gasteiger partial charge in [0.2, 0.25) is 0 Å². The fourth-order valence-electron chi connectivity index (χ4n) is 6.41. The fourth-order valence-corrected chi connectivity index (χ4v) is 6.41. The first-order valence-electron chi connectivity index (χ1n) is 11.3. The molecule has 6 rings (SSSR count). The smallest absolute Gasteiger partial charge is 0.0988 e. The Labute approximate surface area is 178 Å². The molecule has 1 saturated heterocycles. The topological polar surface area (TPSA) is 36.4 Å². The van der Waals surface area contributed by atoms with Crippen molar-refractivity contribution in [2.45, 2.75) is 36.7 Å². The van der Waals surface area contributed by atoms with Crippen LogP contribution in [0.15, 0.2) is 72.9 Å². The Kier molecular flexibility index (Phi) is 4.29. The van der Waals surface area contributed by atoms with Gasteiger partial charge in [0.25, 0.3) is 0 Å². The number of hydrogen-bond acceptors (Lipinski definition) is 3. The molecule has 1 fully saturated rings. The number of rotatable bonds is 4. The third-order valence-corrected chi connectivity index (χ3v) is 7.82. The first kappa shape index (κ1) is 18.3. The fraction of sp³-hybridized carbons (Fsp3) is 0.370. The maximum atomic E-state index is 10.8. The molecule has 0 spiro atoms. The van der Waals surface area contributed by atoms with Crippen molar-refractivity contribution in [2.24, 2.45) is 5.92 Å². The number of hydrogen-bond donors (Lipinski definition) is 1. The maximum Gasteiger partial charge on any atom is 0.0988 e. The highest BCUT2D eigenvalue weighted by Gasteiger charge is 2.53. The standard InChI is InChI=1S/C27H28N2O/c30-26(25-11-5-6-14-28-25)19-12-15-29(16-13-19)18-27-17-22(20-7-1-3-9-23(20)27)21-8-2-4-10-24(21)27/h1-11,14,19,22,26,30H,12-13,15-18H2. The van der Waals surface area contributed by atoms with Gasteiger partial charge in [0.15, 0.2) is 0 Å². The molecule has 1 aliphatic heterocycles. The van der Waals surface area contributed by atoms with Crippen LogP contribution in [0.25, 0.3) is 0 Å². The van der Waals surface area contributed by atoms with Gasteiger partial charge in [-0.05, 0) is 72.7 Å². The molecule has 30 heavy (non-hydrogen) atoms. The number of aliphatic hydroxyl groups excluding tert-OH is 1. The second-order valence-corrected chi connectivity index (χ2v) is 9.33. The lowest BCUT2D eigenvalue weighted by Gasteiger charge is -2.40. The molecule has 0 radical (unpaired) electrons. The second kappa shape index (κ2) is 7.04. The molecule has 1 unspecified atom stereocenters. The van der Waals surface area contributed by atoms with E-state index in [0.717, 1.165) is 38.2 Å². The van der Waals surface area contributed by atoms with Gasteiger partial charge in [-0.15, -0.1) is 0 Å². The van der Waals surface area contributed by atoms with Crippen LogP contribution in [0.2, 0.25) is 0 Å². The number of fused-ring (bicyclic) bond motifs is 8. The molecule has 1 aromatic heterocycles. The van der Waals surface area contributed by atoms with Crippen LogP contribution < -0.4 is 0 Å². The average Bonchev–Trinajstić information content (AvgIpc) is 3.32. The number of pyridine rings is 1. The summed E-state index contributed by atoms with van der Waals surface area (Å²) >= 11 is 0. The zero-order chi connectivity index (χ0) is 20.1. The van der Waals surface area contributed by atoms with E-state index in [-0.39, 0.29) is 5.41 Å². The number of aromatic nitrogens is 1. The number of likely N-dealkylation sites (tertiary alicyclic amines) is 1. The third kappa shape index (κ3) is 2.69. The molecule has 1 N–H and O–H groups in total. The van der Waals surface area contributed by atoms with Gasteiger partial charge in [0, 0.05) is 24.1 Å². The minimum Gasteiger partial charge on any atom is -0.387 e. The van der Waals surface area contributed by atoms with Crippen molar-refractivity contribution in [1.82, 2.24) is 9.88 Å². The van der Waals surface area contributed by atoms with Gasteiger partial charge in [-0.1, -0.05) is 54.6 Å². The summed E-state index contributed by atoms with van der Waals surface area (Å²) in [6, 6.07) is 24.0.